The number of hydrogen-bond acceptors (Lipinski definition) is 21. The molecule has 0 fully saturated rings. The molecule has 0 saturated carbocycles. The SMILES string of the molecule is CC(C)Oc1ccc(S(=O)(=O)Nc2ccc(Cl)cc2Sc2ccccc2)cc1.Cc1ccc(S(=O)(=O)Nc2ccccc2C(=O)c2ccccc2)cc1.O=C(c1ccccc1)c1cc(Cl)ccc1NS(=O)(=O)c1ccc(C2=NCC=C2)s1.O=C(c1ccccc1)c1cc(Cl)ccc1NS(=O)(=O)c1csc2ccccc12.O=C(c1ccccc1)c1ccccc1NS(=O)(=O)c1ccc([N+](=O)[O-])cc1. The Kier molecular flexibility index (Phi) is 33.4. The zero-order valence-corrected chi connectivity index (χ0v) is 81.2. The van der Waals surface area contributed by atoms with Crippen LogP contribution in [0.25, 0.3) is 10.1 Å². The first-order valence-electron chi connectivity index (χ1n) is 41.3. The normalized spacial score (nSPS) is 11.7. The third-order valence-electron chi connectivity index (χ3n) is 19.7. The van der Waals surface area contributed by atoms with E-state index in [1.165, 1.54) is 77.7 Å². The molecule has 0 aliphatic carbocycles. The average molecular weight is 2040 g/mol. The number of nitro groups is 1. The number of sulfonamides is 5. The summed E-state index contributed by atoms with van der Waals surface area (Å²) < 4.78 is 147. The number of benzene rings is 14. The Morgan fingerprint density at radius 1 is 0.409 bits per heavy atom. The van der Waals surface area contributed by atoms with Crippen molar-refractivity contribution in [3.05, 3.63) is 462 Å². The van der Waals surface area contributed by atoms with Crippen molar-refractivity contribution in [2.45, 2.75) is 60.5 Å². The van der Waals surface area contributed by atoms with Crippen LogP contribution < -0.4 is 28.3 Å². The zero-order chi connectivity index (χ0) is 97.6. The van der Waals surface area contributed by atoms with Gasteiger partial charge in [0, 0.05) is 97.0 Å². The second kappa shape index (κ2) is 45.6. The number of aryl methyl sites for hydroxylation is 1. The molecule has 16 aromatic rings. The molecule has 14 aromatic carbocycles. The number of nitrogens with zero attached hydrogens (tertiary/aromatic N) is 2. The molecule has 24 nitrogen and oxygen atoms in total. The van der Waals surface area contributed by atoms with Gasteiger partial charge in [-0.15, -0.1) is 22.7 Å². The van der Waals surface area contributed by atoms with Crippen LogP contribution in [0.3, 0.4) is 0 Å². The third kappa shape index (κ3) is 26.8. The van der Waals surface area contributed by atoms with Crippen molar-refractivity contribution < 1.29 is 70.9 Å². The minimum atomic E-state index is -4.02. The van der Waals surface area contributed by atoms with E-state index in [1.54, 1.807) is 242 Å². The number of halogens is 3. The number of aliphatic imine (C=N–C) groups is 1. The number of nitro benzene ring substituents is 1. The van der Waals surface area contributed by atoms with Gasteiger partial charge in [0.15, 0.2) is 23.1 Å². The third-order valence-corrected chi connectivity index (χ3v) is 31.1. The van der Waals surface area contributed by atoms with Gasteiger partial charge >= 0.3 is 0 Å². The lowest BCUT2D eigenvalue weighted by molar-refractivity contribution is -0.384. The molecule has 0 spiro atoms. The molecule has 3 heterocycles. The number of carbonyl (C=O) groups is 4. The quantitative estimate of drug-likeness (QED) is 0.0165. The predicted octanol–water partition coefficient (Wildman–Crippen LogP) is 24.1. The average Bonchev–Trinajstić information content (AvgIpc) is 1.65. The summed E-state index contributed by atoms with van der Waals surface area (Å²) >= 11 is 22.2. The number of ketones is 4. The number of hydrogen-bond donors (Lipinski definition) is 5. The number of carbonyl (C=O) groups excluding carboxylic acids is 4. The van der Waals surface area contributed by atoms with E-state index >= 15 is 0 Å². The molecule has 17 rings (SSSR count). The highest BCUT2D eigenvalue weighted by Gasteiger charge is 2.28. The van der Waals surface area contributed by atoms with E-state index in [0.717, 1.165) is 66.2 Å². The van der Waals surface area contributed by atoms with Crippen LogP contribution in [0, 0.1) is 17.0 Å². The smallest absolute Gasteiger partial charge is 0.271 e. The predicted molar refractivity (Wildman–Crippen MR) is 545 cm³/mol. The second-order valence-corrected chi connectivity index (χ2v) is 42.9. The summed E-state index contributed by atoms with van der Waals surface area (Å²) in [6.07, 6.45) is 3.80. The van der Waals surface area contributed by atoms with E-state index < -0.39 is 55.0 Å². The van der Waals surface area contributed by atoms with E-state index in [9.17, 15) is 71.4 Å². The Balaban J connectivity index is 0.000000145. The van der Waals surface area contributed by atoms with Gasteiger partial charge in [0.1, 0.15) is 14.9 Å². The van der Waals surface area contributed by atoms with Crippen LogP contribution in [-0.4, -0.2) is 88.5 Å². The Morgan fingerprint density at radius 3 is 1.24 bits per heavy atom. The maximum Gasteiger partial charge on any atom is 0.271 e. The topological polar surface area (TPSA) is 364 Å². The number of rotatable bonds is 29. The van der Waals surface area contributed by atoms with E-state index in [1.807, 2.05) is 81.5 Å². The van der Waals surface area contributed by atoms with Crippen molar-refractivity contribution in [3.63, 3.8) is 0 Å². The van der Waals surface area contributed by atoms with E-state index in [2.05, 4.69) is 28.6 Å². The highest BCUT2D eigenvalue weighted by molar-refractivity contribution is 7.99. The van der Waals surface area contributed by atoms with Crippen molar-refractivity contribution >= 4 is 192 Å². The highest BCUT2D eigenvalue weighted by Crippen LogP contribution is 2.39. The zero-order valence-electron chi connectivity index (χ0n) is 72.4. The Morgan fingerprint density at radius 2 is 0.788 bits per heavy atom. The minimum Gasteiger partial charge on any atom is -0.491 e. The molecule has 1 aliphatic rings. The summed E-state index contributed by atoms with van der Waals surface area (Å²) in [6.45, 7) is 6.32. The lowest BCUT2D eigenvalue weighted by Crippen LogP contribution is -2.16. The van der Waals surface area contributed by atoms with Crippen molar-refractivity contribution in [1.29, 1.82) is 0 Å². The Hall–Kier alpha value is -14.0. The molecular formula is C102H80Cl3N7O17S8. The molecule has 0 radical (unpaired) electrons. The summed E-state index contributed by atoms with van der Waals surface area (Å²) in [4.78, 5) is 68.5. The minimum absolute atomic E-state index is 0.0206. The van der Waals surface area contributed by atoms with Crippen LogP contribution in [0.15, 0.2) is 420 Å². The van der Waals surface area contributed by atoms with Gasteiger partial charge < -0.3 is 4.74 Å². The lowest BCUT2D eigenvalue weighted by Gasteiger charge is -2.14. The monoisotopic (exact) mass is 2040 g/mol. The molecular weight excluding hydrogens is 1960 g/mol. The molecule has 35 heteroatoms. The van der Waals surface area contributed by atoms with E-state index in [0.29, 0.717) is 66.3 Å². The fourth-order valence-corrected chi connectivity index (χ4v) is 22.9. The Bertz CT molecular complexity index is 7790. The van der Waals surface area contributed by atoms with Gasteiger partial charge in [-0.05, 0) is 185 Å². The van der Waals surface area contributed by atoms with Gasteiger partial charge in [-0.3, -0.25) is 57.9 Å². The number of non-ortho nitro benzene ring substituents is 1. The fourth-order valence-electron chi connectivity index (χ4n) is 13.1. The van der Waals surface area contributed by atoms with Crippen LogP contribution in [0.2, 0.25) is 15.1 Å². The molecule has 694 valence electrons. The first-order chi connectivity index (χ1) is 65.6. The van der Waals surface area contributed by atoms with Crippen LogP contribution in [0.1, 0.15) is 88.0 Å². The standard InChI is InChI=1S/C21H15ClN2O3S2.C21H14ClNO3S2.C21H20ClNO3S2.C20H17NO3S.C19H14N2O5S/c22-15-8-9-17(16(13-15)21(25)14-5-2-1-3-6-14)24-29(26,27)20-11-10-19(28-20)18-7-4-12-23-18;22-15-10-11-18(17(12-15)21(24)14-6-2-1-3-7-14)23-28(25,26)20-13-27-19-9-5-4-8-16(19)20;1-15(2)26-17-9-11-19(12-10-17)28(24,25)23-20-13-8-16(22)14-21(20)27-18-6-4-3-5-7-18;1-15-11-13-17(14-12-15)25(23,24)21-19-10-6-5-9-18(19)20(22)16-7-3-2-4-8-16;22-19(14-6-2-1-3-7-14)17-8-4-5-9-18(17)20-27(25,26)16-12-10-15(11-13-16)21(23)24/h1-11,13,24H,12H2;1-13,23H;3-15,23H,1-2H3;2-14,21H,1H3;1-13,20H. The summed E-state index contributed by atoms with van der Waals surface area (Å²) in [5, 5.41) is 14.2. The maximum atomic E-state index is 13.0. The van der Waals surface area contributed by atoms with Gasteiger partial charge in [-0.1, -0.05) is 252 Å². The van der Waals surface area contributed by atoms with Gasteiger partial charge in [0.05, 0.1) is 71.3 Å². The van der Waals surface area contributed by atoms with E-state index in [4.69, 9.17) is 39.5 Å². The van der Waals surface area contributed by atoms with Crippen molar-refractivity contribution in [1.82, 2.24) is 0 Å². The van der Waals surface area contributed by atoms with Crippen LogP contribution >= 0.6 is 69.2 Å². The van der Waals surface area contributed by atoms with Crippen molar-refractivity contribution in [2.75, 3.05) is 30.2 Å². The Labute approximate surface area is 819 Å². The molecule has 0 amide bonds. The number of allylic oxidation sites excluding steroid dienone is 1. The lowest BCUT2D eigenvalue weighted by atomic mass is 10.0. The van der Waals surface area contributed by atoms with Gasteiger partial charge in [-0.2, -0.15) is 0 Å². The van der Waals surface area contributed by atoms with Gasteiger partial charge in [0.2, 0.25) is 0 Å². The number of para-hydroxylation sites is 2. The number of anilines is 5. The number of ether oxygens (including phenoxy) is 1. The second-order valence-electron chi connectivity index (χ2n) is 29.9. The summed E-state index contributed by atoms with van der Waals surface area (Å²) in [7, 11) is -19.3. The van der Waals surface area contributed by atoms with E-state index in [-0.39, 0.29) is 98.2 Å². The summed E-state index contributed by atoms with van der Waals surface area (Å²) in [6, 6.07) is 99.1. The van der Waals surface area contributed by atoms with Crippen LogP contribution in [0.5, 0.6) is 5.75 Å². The molecule has 0 bridgehead atoms. The number of nitrogens with one attached hydrogen (secondary N) is 5. The van der Waals surface area contributed by atoms with Crippen molar-refractivity contribution in [2.24, 2.45) is 4.99 Å². The molecule has 5 N–H and O–H groups in total. The molecule has 2 aromatic heterocycles. The molecule has 0 atom stereocenters. The van der Waals surface area contributed by atoms with Crippen LogP contribution in [0.4, 0.5) is 34.1 Å². The largest absolute Gasteiger partial charge is 0.491 e. The fraction of sp³-hybridized carbons (Fsp3) is 0.0490. The van der Waals surface area contributed by atoms with Crippen molar-refractivity contribution in [3.8, 4) is 5.75 Å². The summed E-state index contributed by atoms with van der Waals surface area (Å²) in [5.74, 6) is -0.555. The molecule has 0 unspecified atom stereocenters. The highest BCUT2D eigenvalue weighted by atomic mass is 35.5. The molecule has 137 heavy (non-hydrogen) atoms. The van der Waals surface area contributed by atoms with Gasteiger partial charge in [0.25, 0.3) is 55.8 Å². The molecule has 1 aliphatic heterocycles. The summed E-state index contributed by atoms with van der Waals surface area (Å²) in [5.41, 5.74) is 5.48. The molecule has 0 saturated heterocycles. The first-order valence-corrected chi connectivity index (χ1v) is 52.3. The number of thiophene rings is 2. The number of fused-ring (bicyclic) bond motifs is 1. The first kappa shape index (κ1) is 100. The maximum absolute atomic E-state index is 13.0. The van der Waals surface area contributed by atoms with Gasteiger partial charge in [-0.25, -0.2) is 42.1 Å². The van der Waals surface area contributed by atoms with Crippen LogP contribution in [-0.2, 0) is 50.1 Å².